The summed E-state index contributed by atoms with van der Waals surface area (Å²) >= 11 is 0. The molecule has 2 heterocycles. The zero-order valence-electron chi connectivity index (χ0n) is 18.1. The number of amides is 2. The van der Waals surface area contributed by atoms with Gasteiger partial charge in [-0.15, -0.1) is 0 Å². The van der Waals surface area contributed by atoms with Gasteiger partial charge in [-0.1, -0.05) is 6.07 Å². The second-order valence-corrected chi connectivity index (χ2v) is 7.72. The average molecular weight is 416 g/mol. The molecule has 0 aliphatic carbocycles. The topological polar surface area (TPSA) is 62.3 Å². The van der Waals surface area contributed by atoms with E-state index in [1.54, 1.807) is 19.3 Å². The number of nitrogens with zero attached hydrogens (tertiary/aromatic N) is 3. The van der Waals surface area contributed by atoms with Crippen LogP contribution in [-0.2, 0) is 9.59 Å². The van der Waals surface area contributed by atoms with Crippen LogP contribution in [0.3, 0.4) is 0 Å². The molecule has 0 saturated carbocycles. The molecule has 2 amide bonds. The first-order valence-corrected chi connectivity index (χ1v) is 10.9. The van der Waals surface area contributed by atoms with Crippen molar-refractivity contribution in [1.82, 2.24) is 14.7 Å². The number of methoxy groups -OCH3 is 1. The van der Waals surface area contributed by atoms with E-state index in [0.29, 0.717) is 37.7 Å². The van der Waals surface area contributed by atoms with Gasteiger partial charge in [-0.2, -0.15) is 0 Å². The molecule has 2 fully saturated rings. The fourth-order valence-corrected chi connectivity index (χ4v) is 3.90. The molecule has 0 unspecified atom stereocenters. The Labute approximate surface area is 179 Å². The Kier molecular flexibility index (Phi) is 8.13. The fourth-order valence-electron chi connectivity index (χ4n) is 3.90. The third-order valence-electron chi connectivity index (χ3n) is 5.66. The van der Waals surface area contributed by atoms with Crippen molar-refractivity contribution in [2.45, 2.75) is 26.2 Å². The Morgan fingerprint density at radius 1 is 0.967 bits per heavy atom. The van der Waals surface area contributed by atoms with Crippen LogP contribution in [0.5, 0.6) is 11.5 Å². The third kappa shape index (κ3) is 5.98. The van der Waals surface area contributed by atoms with Gasteiger partial charge in [0, 0.05) is 45.3 Å². The van der Waals surface area contributed by atoms with E-state index >= 15 is 0 Å². The van der Waals surface area contributed by atoms with E-state index in [-0.39, 0.29) is 11.8 Å². The SMILES string of the molecule is CCOc1ccc(/C=C/C(=O)N2CCN(CC(=O)N3CCCCC3)CC2)cc1OC. The smallest absolute Gasteiger partial charge is 0.246 e. The number of likely N-dealkylation sites (tertiary alicyclic amines) is 1. The highest BCUT2D eigenvalue weighted by Gasteiger charge is 2.24. The summed E-state index contributed by atoms with van der Waals surface area (Å²) in [7, 11) is 1.60. The van der Waals surface area contributed by atoms with Crippen LogP contribution in [0.2, 0.25) is 0 Å². The molecule has 164 valence electrons. The first kappa shape index (κ1) is 22.2. The van der Waals surface area contributed by atoms with Gasteiger partial charge in [0.25, 0.3) is 0 Å². The monoisotopic (exact) mass is 415 g/mol. The summed E-state index contributed by atoms with van der Waals surface area (Å²) in [5, 5.41) is 0. The number of piperidine rings is 1. The summed E-state index contributed by atoms with van der Waals surface area (Å²) in [6.45, 7) is 7.48. The van der Waals surface area contributed by atoms with Crippen LogP contribution >= 0.6 is 0 Å². The molecule has 30 heavy (non-hydrogen) atoms. The van der Waals surface area contributed by atoms with Crippen molar-refractivity contribution in [3.63, 3.8) is 0 Å². The summed E-state index contributed by atoms with van der Waals surface area (Å²) in [5.41, 5.74) is 0.884. The van der Waals surface area contributed by atoms with Crippen LogP contribution in [0.15, 0.2) is 24.3 Å². The van der Waals surface area contributed by atoms with E-state index in [1.165, 1.54) is 6.42 Å². The number of carbonyl (C=O) groups is 2. The highest BCUT2D eigenvalue weighted by molar-refractivity contribution is 5.92. The van der Waals surface area contributed by atoms with Gasteiger partial charge in [0.2, 0.25) is 11.8 Å². The zero-order valence-corrected chi connectivity index (χ0v) is 18.1. The summed E-state index contributed by atoms with van der Waals surface area (Å²) in [4.78, 5) is 31.0. The second kappa shape index (κ2) is 11.0. The zero-order chi connectivity index (χ0) is 21.3. The van der Waals surface area contributed by atoms with E-state index in [2.05, 4.69) is 4.90 Å². The largest absolute Gasteiger partial charge is 0.493 e. The van der Waals surface area contributed by atoms with Gasteiger partial charge in [-0.25, -0.2) is 0 Å². The lowest BCUT2D eigenvalue weighted by Gasteiger charge is -2.35. The minimum absolute atomic E-state index is 0.00939. The maximum atomic E-state index is 12.6. The number of hydrogen-bond acceptors (Lipinski definition) is 5. The van der Waals surface area contributed by atoms with Gasteiger partial charge < -0.3 is 19.3 Å². The summed E-state index contributed by atoms with van der Waals surface area (Å²) < 4.78 is 10.9. The molecule has 2 aliphatic rings. The van der Waals surface area contributed by atoms with Crippen molar-refractivity contribution in [1.29, 1.82) is 0 Å². The van der Waals surface area contributed by atoms with E-state index in [9.17, 15) is 9.59 Å². The fraction of sp³-hybridized carbons (Fsp3) is 0.565. The Morgan fingerprint density at radius 2 is 1.70 bits per heavy atom. The second-order valence-electron chi connectivity index (χ2n) is 7.72. The number of hydrogen-bond donors (Lipinski definition) is 0. The van der Waals surface area contributed by atoms with Crippen LogP contribution in [-0.4, -0.2) is 86.0 Å². The van der Waals surface area contributed by atoms with E-state index < -0.39 is 0 Å². The van der Waals surface area contributed by atoms with Crippen molar-refractivity contribution in [2.75, 3.05) is 59.5 Å². The number of rotatable bonds is 7. The molecule has 0 N–H and O–H groups in total. The molecule has 2 aliphatic heterocycles. The Hall–Kier alpha value is -2.54. The van der Waals surface area contributed by atoms with Gasteiger partial charge in [0.1, 0.15) is 0 Å². The number of piperazine rings is 1. The maximum Gasteiger partial charge on any atom is 0.246 e. The van der Waals surface area contributed by atoms with Crippen molar-refractivity contribution >= 4 is 17.9 Å². The molecule has 0 bridgehead atoms. The molecular formula is C23H33N3O4. The molecule has 0 radical (unpaired) electrons. The first-order chi connectivity index (χ1) is 14.6. The molecule has 1 aromatic carbocycles. The molecule has 2 saturated heterocycles. The summed E-state index contributed by atoms with van der Waals surface area (Å²) in [6.07, 6.45) is 6.85. The van der Waals surface area contributed by atoms with E-state index in [1.807, 2.05) is 34.9 Å². The van der Waals surface area contributed by atoms with Crippen molar-refractivity contribution < 1.29 is 19.1 Å². The minimum atomic E-state index is -0.00939. The van der Waals surface area contributed by atoms with Gasteiger partial charge >= 0.3 is 0 Å². The summed E-state index contributed by atoms with van der Waals surface area (Å²) in [6, 6.07) is 5.62. The van der Waals surface area contributed by atoms with Gasteiger partial charge in [-0.3, -0.25) is 14.5 Å². The molecule has 7 heteroatoms. The quantitative estimate of drug-likeness (QED) is 0.640. The lowest BCUT2D eigenvalue weighted by Crippen LogP contribution is -2.51. The van der Waals surface area contributed by atoms with Crippen molar-refractivity contribution in [3.05, 3.63) is 29.8 Å². The number of ether oxygens (including phenoxy) is 2. The molecule has 3 rings (SSSR count). The maximum absolute atomic E-state index is 12.6. The number of carbonyl (C=O) groups excluding carboxylic acids is 2. The van der Waals surface area contributed by atoms with Crippen LogP contribution in [0, 0.1) is 0 Å². The number of benzene rings is 1. The van der Waals surface area contributed by atoms with Gasteiger partial charge in [0.15, 0.2) is 11.5 Å². The Morgan fingerprint density at radius 3 is 2.37 bits per heavy atom. The average Bonchev–Trinajstić information content (AvgIpc) is 2.79. The van der Waals surface area contributed by atoms with Crippen molar-refractivity contribution in [3.8, 4) is 11.5 Å². The third-order valence-corrected chi connectivity index (χ3v) is 5.66. The molecular weight excluding hydrogens is 382 g/mol. The Balaban J connectivity index is 1.47. The lowest BCUT2D eigenvalue weighted by atomic mass is 10.1. The van der Waals surface area contributed by atoms with Gasteiger partial charge in [0.05, 0.1) is 20.3 Å². The van der Waals surface area contributed by atoms with Crippen molar-refractivity contribution in [2.24, 2.45) is 0 Å². The van der Waals surface area contributed by atoms with E-state index in [4.69, 9.17) is 9.47 Å². The van der Waals surface area contributed by atoms with E-state index in [0.717, 1.165) is 44.6 Å². The Bertz CT molecular complexity index is 751. The van der Waals surface area contributed by atoms with Crippen LogP contribution in [0.25, 0.3) is 6.08 Å². The lowest BCUT2D eigenvalue weighted by molar-refractivity contribution is -0.134. The summed E-state index contributed by atoms with van der Waals surface area (Å²) in [5.74, 6) is 1.56. The highest BCUT2D eigenvalue weighted by atomic mass is 16.5. The van der Waals surface area contributed by atoms with Crippen LogP contribution in [0.4, 0.5) is 0 Å². The predicted molar refractivity (Wildman–Crippen MR) is 117 cm³/mol. The molecule has 0 atom stereocenters. The van der Waals surface area contributed by atoms with Crippen LogP contribution < -0.4 is 9.47 Å². The highest BCUT2D eigenvalue weighted by Crippen LogP contribution is 2.28. The molecule has 1 aromatic rings. The molecule has 0 spiro atoms. The minimum Gasteiger partial charge on any atom is -0.493 e. The predicted octanol–water partition coefficient (Wildman–Crippen LogP) is 2.26. The first-order valence-electron chi connectivity index (χ1n) is 10.9. The normalized spacial score (nSPS) is 17.9. The van der Waals surface area contributed by atoms with Gasteiger partial charge in [-0.05, 0) is 50.0 Å². The standard InChI is InChI=1S/C23H33N3O4/c1-3-30-20-9-7-19(17-21(20)29-2)8-10-22(27)26-15-13-24(14-16-26)18-23(28)25-11-5-4-6-12-25/h7-10,17H,3-6,11-16,18H2,1-2H3/b10-8+. The van der Waals surface area contributed by atoms with Crippen LogP contribution in [0.1, 0.15) is 31.7 Å². The molecule has 7 nitrogen and oxygen atoms in total. The molecule has 0 aromatic heterocycles.